The zero-order valence-corrected chi connectivity index (χ0v) is 34.6. The Morgan fingerprint density at radius 2 is 1.11 bits per heavy atom. The van der Waals surface area contributed by atoms with Gasteiger partial charge in [0.25, 0.3) is 0 Å². The van der Waals surface area contributed by atoms with Crippen molar-refractivity contribution in [1.29, 1.82) is 0 Å². The molecule has 5 heterocycles. The molecule has 0 aliphatic rings. The Hall–Kier alpha value is -8.33. The van der Waals surface area contributed by atoms with Crippen molar-refractivity contribution in [2.45, 2.75) is 0 Å². The molecule has 12 rings (SSSR count). The molecule has 7 aromatic carbocycles. The van der Waals surface area contributed by atoms with Crippen LogP contribution in [0.15, 0.2) is 193 Å². The summed E-state index contributed by atoms with van der Waals surface area (Å²) in [6.45, 7) is 8.85. The van der Waals surface area contributed by atoms with Crippen LogP contribution in [0.1, 0.15) is 16.3 Å². The Morgan fingerprint density at radius 1 is 0.524 bits per heavy atom. The summed E-state index contributed by atoms with van der Waals surface area (Å²) in [7, 11) is 0. The molecule has 0 aliphatic heterocycles. The fraction of sp³-hybridized carbons (Fsp3) is 0. The molecule has 12 aromatic rings. The zero-order chi connectivity index (χ0) is 42.0. The average Bonchev–Trinajstić information content (AvgIpc) is 4.03. The van der Waals surface area contributed by atoms with E-state index in [0.29, 0.717) is 34.5 Å². The van der Waals surface area contributed by atoms with Gasteiger partial charge in [-0.3, -0.25) is 0 Å². The zero-order valence-electron chi connectivity index (χ0n) is 33.7. The van der Waals surface area contributed by atoms with Gasteiger partial charge in [0.1, 0.15) is 16.8 Å². The monoisotopic (exact) mass is 826 g/mol. The Kier molecular flexibility index (Phi) is 8.52. The van der Waals surface area contributed by atoms with Crippen molar-refractivity contribution >= 4 is 76.9 Å². The summed E-state index contributed by atoms with van der Waals surface area (Å²) in [6.07, 6.45) is 1.88. The molecule has 0 atom stereocenters. The first-order valence-electron chi connectivity index (χ1n) is 20.6. The van der Waals surface area contributed by atoms with Crippen LogP contribution >= 0.6 is 11.3 Å². The van der Waals surface area contributed by atoms with Crippen LogP contribution in [0.3, 0.4) is 0 Å². The minimum absolute atomic E-state index is 0.526. The van der Waals surface area contributed by atoms with E-state index in [1.807, 2.05) is 97.1 Å². The van der Waals surface area contributed by atoms with Crippen molar-refractivity contribution in [3.63, 3.8) is 0 Å². The van der Waals surface area contributed by atoms with Crippen LogP contribution in [-0.2, 0) is 0 Å². The molecule has 0 N–H and O–H groups in total. The molecule has 63 heavy (non-hydrogen) atoms. The molecule has 0 radical (unpaired) electrons. The third kappa shape index (κ3) is 6.07. The molecule has 0 spiro atoms. The van der Waals surface area contributed by atoms with Crippen molar-refractivity contribution < 1.29 is 4.42 Å². The number of rotatable bonds is 8. The number of hydrogen-bond acceptors (Lipinski definition) is 7. The second-order valence-electron chi connectivity index (χ2n) is 15.4. The SMILES string of the molecule is C=Cc1sc2cc(-c3nc(-c4ccccc4)nc(-c4ccc5c6ccccc6n(-c6ccccc6)c5c4)n3)ccc2c1C(=C)c1nc(-c2ccccc2)c2oc3ccccc3c2n1. The predicted molar refractivity (Wildman–Crippen MR) is 259 cm³/mol. The molecule has 296 valence electrons. The molecule has 0 bridgehead atoms. The predicted octanol–water partition coefficient (Wildman–Crippen LogP) is 14.2. The van der Waals surface area contributed by atoms with Gasteiger partial charge in [-0.2, -0.15) is 0 Å². The molecule has 0 amide bonds. The van der Waals surface area contributed by atoms with E-state index in [-0.39, 0.29) is 0 Å². The molecule has 0 aliphatic carbocycles. The van der Waals surface area contributed by atoms with Gasteiger partial charge in [-0.15, -0.1) is 11.3 Å². The third-order valence-corrected chi connectivity index (χ3v) is 12.8. The van der Waals surface area contributed by atoms with E-state index in [0.717, 1.165) is 87.1 Å². The second kappa shape index (κ2) is 14.7. The summed E-state index contributed by atoms with van der Waals surface area (Å²) < 4.78 is 9.72. The van der Waals surface area contributed by atoms with Gasteiger partial charge >= 0.3 is 0 Å². The van der Waals surface area contributed by atoms with Crippen LogP contribution in [-0.4, -0.2) is 29.5 Å². The first-order chi connectivity index (χ1) is 31.1. The van der Waals surface area contributed by atoms with E-state index in [2.05, 4.69) is 103 Å². The molecule has 8 heteroatoms. The highest BCUT2D eigenvalue weighted by Gasteiger charge is 2.23. The standard InChI is InChI=1S/C55H34N6OS/c1-3-46-48(33(2)52-56-49(34-17-7-4-8-18-34)51-50(57-52)41-24-14-16-26-45(41)62-51)42-30-28-37(32-47(42)63-46)55-59-53(35-19-9-5-10-20-35)58-54(60-55)36-27-29-40-39-23-13-15-25-43(39)61(44(40)31-36)38-21-11-6-12-22-38/h3-32H,1-2H2. The smallest absolute Gasteiger partial charge is 0.180 e. The summed E-state index contributed by atoms with van der Waals surface area (Å²) in [6, 6.07) is 59.9. The maximum absolute atomic E-state index is 6.38. The Morgan fingerprint density at radius 3 is 1.84 bits per heavy atom. The molecule has 7 nitrogen and oxygen atoms in total. The summed E-state index contributed by atoms with van der Waals surface area (Å²) in [5, 5.41) is 4.29. The normalized spacial score (nSPS) is 11.6. The molecule has 0 saturated carbocycles. The fourth-order valence-electron chi connectivity index (χ4n) is 8.65. The van der Waals surface area contributed by atoms with E-state index < -0.39 is 0 Å². The maximum Gasteiger partial charge on any atom is 0.180 e. The minimum Gasteiger partial charge on any atom is -0.452 e. The van der Waals surface area contributed by atoms with Gasteiger partial charge in [-0.05, 0) is 42.5 Å². The minimum atomic E-state index is 0.526. The number of benzene rings is 7. The highest BCUT2D eigenvalue weighted by atomic mass is 32.1. The van der Waals surface area contributed by atoms with Crippen molar-refractivity contribution in [2.75, 3.05) is 0 Å². The van der Waals surface area contributed by atoms with E-state index in [4.69, 9.17) is 29.3 Å². The van der Waals surface area contributed by atoms with Crippen LogP contribution in [0.4, 0.5) is 0 Å². The summed E-state index contributed by atoms with van der Waals surface area (Å²) in [4.78, 5) is 26.6. The van der Waals surface area contributed by atoms with Gasteiger partial charge in [-0.25, -0.2) is 24.9 Å². The molecule has 0 unspecified atom stereocenters. The number of nitrogens with zero attached hydrogens (tertiary/aromatic N) is 6. The number of furan rings is 1. The van der Waals surface area contributed by atoms with Crippen molar-refractivity contribution in [1.82, 2.24) is 29.5 Å². The van der Waals surface area contributed by atoms with Gasteiger partial charge in [0.15, 0.2) is 28.9 Å². The van der Waals surface area contributed by atoms with Crippen LogP contribution in [0, 0.1) is 0 Å². The average molecular weight is 827 g/mol. The number of aromatic nitrogens is 6. The molecular weight excluding hydrogens is 793 g/mol. The van der Waals surface area contributed by atoms with Gasteiger partial charge < -0.3 is 8.98 Å². The van der Waals surface area contributed by atoms with Gasteiger partial charge in [0, 0.05) is 70.2 Å². The van der Waals surface area contributed by atoms with Crippen molar-refractivity contribution in [2.24, 2.45) is 0 Å². The first-order valence-corrected chi connectivity index (χ1v) is 21.5. The van der Waals surface area contributed by atoms with Crippen LogP contribution < -0.4 is 0 Å². The largest absolute Gasteiger partial charge is 0.452 e. The van der Waals surface area contributed by atoms with E-state index in [1.54, 1.807) is 11.3 Å². The number of fused-ring (bicyclic) bond motifs is 7. The van der Waals surface area contributed by atoms with Crippen LogP contribution in [0.2, 0.25) is 0 Å². The van der Waals surface area contributed by atoms with Crippen LogP contribution in [0.25, 0.3) is 117 Å². The number of para-hydroxylation sites is 3. The summed E-state index contributed by atoms with van der Waals surface area (Å²) >= 11 is 1.64. The van der Waals surface area contributed by atoms with Crippen molar-refractivity contribution in [3.05, 3.63) is 205 Å². The Bertz CT molecular complexity index is 3780. The van der Waals surface area contributed by atoms with Gasteiger partial charge in [0.05, 0.1) is 11.0 Å². The lowest BCUT2D eigenvalue weighted by molar-refractivity contribution is 0.667. The lowest BCUT2D eigenvalue weighted by atomic mass is 10.0. The van der Waals surface area contributed by atoms with Gasteiger partial charge in [0.2, 0.25) is 0 Å². The van der Waals surface area contributed by atoms with E-state index >= 15 is 0 Å². The van der Waals surface area contributed by atoms with Crippen LogP contribution in [0.5, 0.6) is 0 Å². The lowest BCUT2D eigenvalue weighted by Crippen LogP contribution is -2.00. The van der Waals surface area contributed by atoms with E-state index in [9.17, 15) is 0 Å². The Balaban J connectivity index is 1.000. The second-order valence-corrected chi connectivity index (χ2v) is 16.4. The topological polar surface area (TPSA) is 82.5 Å². The van der Waals surface area contributed by atoms with Crippen molar-refractivity contribution in [3.8, 4) is 51.1 Å². The van der Waals surface area contributed by atoms with Gasteiger partial charge in [-0.1, -0.05) is 153 Å². The summed E-state index contributed by atoms with van der Waals surface area (Å²) in [5.41, 5.74) is 11.4. The highest BCUT2D eigenvalue weighted by Crippen LogP contribution is 2.42. The lowest BCUT2D eigenvalue weighted by Gasteiger charge is -2.11. The molecule has 0 fully saturated rings. The quantitative estimate of drug-likeness (QED) is 0.152. The summed E-state index contributed by atoms with van der Waals surface area (Å²) in [5.74, 6) is 2.29. The molecular formula is C55H34N6OS. The Labute approximate surface area is 365 Å². The third-order valence-electron chi connectivity index (χ3n) is 11.6. The maximum atomic E-state index is 6.38. The molecule has 5 aromatic heterocycles. The fourth-order valence-corrected chi connectivity index (χ4v) is 9.78. The number of hydrogen-bond donors (Lipinski definition) is 0. The van der Waals surface area contributed by atoms with E-state index in [1.165, 1.54) is 5.39 Å². The molecule has 0 saturated heterocycles. The number of thiophene rings is 1. The highest BCUT2D eigenvalue weighted by molar-refractivity contribution is 7.20. The first kappa shape index (κ1) is 36.5.